The van der Waals surface area contributed by atoms with E-state index in [1.54, 1.807) is 6.07 Å². The molecule has 0 saturated heterocycles. The quantitative estimate of drug-likeness (QED) is 0.238. The van der Waals surface area contributed by atoms with Gasteiger partial charge in [0.1, 0.15) is 6.04 Å². The molecule has 0 bridgehead atoms. The molecular formula is C29H36F3N7O3. The number of alkyl halides is 3. The molecule has 1 unspecified atom stereocenters. The van der Waals surface area contributed by atoms with E-state index in [1.165, 1.54) is 30.3 Å². The Kier molecular flexibility index (Phi) is 11.4. The molecule has 0 radical (unpaired) electrons. The van der Waals surface area contributed by atoms with Gasteiger partial charge in [0.15, 0.2) is 0 Å². The van der Waals surface area contributed by atoms with Crippen LogP contribution in [0.3, 0.4) is 0 Å². The Morgan fingerprint density at radius 3 is 2.26 bits per heavy atom. The van der Waals surface area contributed by atoms with Gasteiger partial charge in [-0.3, -0.25) is 19.4 Å². The summed E-state index contributed by atoms with van der Waals surface area (Å²) in [6, 6.07) is 11.2. The third kappa shape index (κ3) is 8.71. The van der Waals surface area contributed by atoms with Gasteiger partial charge in [0.2, 0.25) is 17.7 Å². The van der Waals surface area contributed by atoms with Gasteiger partial charge in [-0.05, 0) is 36.2 Å². The lowest BCUT2D eigenvalue weighted by Crippen LogP contribution is -2.52. The molecule has 7 N–H and O–H groups in total. The van der Waals surface area contributed by atoms with Crippen LogP contribution in [-0.2, 0) is 27.0 Å². The van der Waals surface area contributed by atoms with Crippen molar-refractivity contribution in [3.05, 3.63) is 71.9 Å². The summed E-state index contributed by atoms with van der Waals surface area (Å²) in [6.45, 7) is 1.15. The molecule has 2 atom stereocenters. The van der Waals surface area contributed by atoms with E-state index in [2.05, 4.69) is 10.3 Å². The van der Waals surface area contributed by atoms with Crippen LogP contribution in [0.15, 0.2) is 60.8 Å². The molecule has 1 aromatic heterocycles. The van der Waals surface area contributed by atoms with Crippen LogP contribution in [0, 0.1) is 0 Å². The lowest BCUT2D eigenvalue weighted by molar-refractivity contribution is -0.138. The highest BCUT2D eigenvalue weighted by Crippen LogP contribution is 2.29. The van der Waals surface area contributed by atoms with Crippen LogP contribution in [0.1, 0.15) is 24.0 Å². The van der Waals surface area contributed by atoms with Gasteiger partial charge in [-0.15, -0.1) is 0 Å². The molecule has 13 heteroatoms. The van der Waals surface area contributed by atoms with E-state index in [-0.39, 0.29) is 38.3 Å². The van der Waals surface area contributed by atoms with E-state index in [0.717, 1.165) is 27.9 Å². The first-order valence-electron chi connectivity index (χ1n) is 13.5. The van der Waals surface area contributed by atoms with Gasteiger partial charge < -0.3 is 32.3 Å². The van der Waals surface area contributed by atoms with Gasteiger partial charge in [0.25, 0.3) is 0 Å². The Hall–Kier alpha value is -4.07. The van der Waals surface area contributed by atoms with E-state index in [0.29, 0.717) is 24.3 Å². The second-order valence-corrected chi connectivity index (χ2v) is 9.87. The van der Waals surface area contributed by atoms with Gasteiger partial charge >= 0.3 is 6.18 Å². The van der Waals surface area contributed by atoms with Crippen molar-refractivity contribution in [3.63, 3.8) is 0 Å². The number of fused-ring (bicyclic) bond motifs is 1. The third-order valence-corrected chi connectivity index (χ3v) is 6.82. The lowest BCUT2D eigenvalue weighted by atomic mass is 10.0. The molecule has 3 rings (SSSR count). The number of hydrogen-bond acceptors (Lipinski definition) is 7. The fraction of sp³-hybridized carbons (Fsp3) is 0.379. The van der Waals surface area contributed by atoms with E-state index < -0.39 is 35.6 Å². The zero-order valence-corrected chi connectivity index (χ0v) is 23.3. The van der Waals surface area contributed by atoms with Crippen LogP contribution in [0.25, 0.3) is 10.9 Å². The molecule has 0 aliphatic rings. The average molecular weight is 588 g/mol. The van der Waals surface area contributed by atoms with Gasteiger partial charge in [-0.2, -0.15) is 13.2 Å². The molecule has 0 spiro atoms. The minimum Gasteiger partial charge on any atom is -0.340 e. The molecule has 3 aromatic rings. The number of carbonyl (C=O) groups is 3. The molecule has 0 aliphatic carbocycles. The summed E-state index contributed by atoms with van der Waals surface area (Å²) >= 11 is 0. The number of aromatic nitrogens is 1. The van der Waals surface area contributed by atoms with E-state index in [4.69, 9.17) is 17.2 Å². The molecule has 10 nitrogen and oxygen atoms in total. The summed E-state index contributed by atoms with van der Waals surface area (Å²) in [5, 5.41) is 3.54. The number of para-hydroxylation sites is 1. The summed E-state index contributed by atoms with van der Waals surface area (Å²) in [6.07, 6.45) is -3.14. The smallest absolute Gasteiger partial charge is 0.340 e. The summed E-state index contributed by atoms with van der Waals surface area (Å²) in [4.78, 5) is 46.4. The zero-order valence-electron chi connectivity index (χ0n) is 23.3. The van der Waals surface area contributed by atoms with Crippen LogP contribution < -0.4 is 22.5 Å². The first-order chi connectivity index (χ1) is 19.9. The third-order valence-electron chi connectivity index (χ3n) is 6.82. The molecule has 226 valence electrons. The number of nitrogens with zero attached hydrogens (tertiary/aromatic N) is 3. The number of carbonyl (C=O) groups excluding carboxylic acids is 3. The Bertz CT molecular complexity index is 1360. The first-order valence-corrected chi connectivity index (χ1v) is 13.5. The van der Waals surface area contributed by atoms with Crippen LogP contribution >= 0.6 is 0 Å². The molecule has 0 fully saturated rings. The van der Waals surface area contributed by atoms with Crippen molar-refractivity contribution in [2.75, 3.05) is 38.5 Å². The van der Waals surface area contributed by atoms with Crippen molar-refractivity contribution >= 4 is 34.3 Å². The maximum absolute atomic E-state index is 13.5. The molecule has 3 amide bonds. The summed E-state index contributed by atoms with van der Waals surface area (Å²) in [5.74, 6) is -1.43. The predicted molar refractivity (Wildman–Crippen MR) is 154 cm³/mol. The van der Waals surface area contributed by atoms with Gasteiger partial charge in [-0.25, -0.2) is 0 Å². The predicted octanol–water partition coefficient (Wildman–Crippen LogP) is 2.12. The largest absolute Gasteiger partial charge is 0.416 e. The molecule has 42 heavy (non-hydrogen) atoms. The van der Waals surface area contributed by atoms with E-state index >= 15 is 0 Å². The van der Waals surface area contributed by atoms with Crippen LogP contribution in [-0.4, -0.2) is 77.8 Å². The van der Waals surface area contributed by atoms with Crippen molar-refractivity contribution in [1.29, 1.82) is 0 Å². The SMILES string of the molecule is CN(C(=O)C(N)CCC(=O)N(CCN)CCN)[C@@H](Cc1ccc(C(F)(F)F)cc1)C(=O)Nc1cnc2ccccc2c1. The number of hydrogen-bond donors (Lipinski definition) is 4. The fourth-order valence-corrected chi connectivity index (χ4v) is 4.47. The maximum Gasteiger partial charge on any atom is 0.416 e. The van der Waals surface area contributed by atoms with Crippen LogP contribution in [0.4, 0.5) is 18.9 Å². The number of anilines is 1. The molecule has 0 aliphatic heterocycles. The molecule has 1 heterocycles. The Balaban J connectivity index is 1.79. The van der Waals surface area contributed by atoms with Crippen molar-refractivity contribution in [2.24, 2.45) is 17.2 Å². The number of benzene rings is 2. The number of nitrogens with two attached hydrogens (primary N) is 3. The maximum atomic E-state index is 13.5. The average Bonchev–Trinajstić information content (AvgIpc) is 2.97. The van der Waals surface area contributed by atoms with Gasteiger partial charge in [0, 0.05) is 51.5 Å². The van der Waals surface area contributed by atoms with E-state index in [1.807, 2.05) is 24.3 Å². The van der Waals surface area contributed by atoms with Crippen molar-refractivity contribution in [3.8, 4) is 0 Å². The number of halogens is 3. The summed E-state index contributed by atoms with van der Waals surface area (Å²) < 4.78 is 39.2. The minimum atomic E-state index is -4.51. The van der Waals surface area contributed by atoms with Crippen molar-refractivity contribution in [2.45, 2.75) is 37.5 Å². The number of nitrogens with one attached hydrogen (secondary N) is 1. The first kappa shape index (κ1) is 32.4. The zero-order chi connectivity index (χ0) is 30.9. The molecule has 2 aromatic carbocycles. The van der Waals surface area contributed by atoms with Gasteiger partial charge in [0.05, 0.1) is 29.0 Å². The molecule has 0 saturated carbocycles. The topological polar surface area (TPSA) is 161 Å². The fourth-order valence-electron chi connectivity index (χ4n) is 4.47. The standard InChI is InChI=1S/C29H36F3N7O3/c1-38(28(42)23(35)10-11-26(40)39(14-12-33)15-13-34)25(16-19-6-8-21(9-7-19)29(30,31)32)27(41)37-22-17-20-4-2-3-5-24(20)36-18-22/h2-9,17-18,23,25H,10-16,33-35H2,1H3,(H,37,41)/t23?,25-/m0/s1. The highest BCUT2D eigenvalue weighted by molar-refractivity contribution is 5.99. The van der Waals surface area contributed by atoms with Crippen LogP contribution in [0.5, 0.6) is 0 Å². The Morgan fingerprint density at radius 2 is 1.64 bits per heavy atom. The number of rotatable bonds is 13. The summed E-state index contributed by atoms with van der Waals surface area (Å²) in [5.41, 5.74) is 18.0. The van der Waals surface area contributed by atoms with E-state index in [9.17, 15) is 27.6 Å². The number of amides is 3. The summed E-state index contributed by atoms with van der Waals surface area (Å²) in [7, 11) is 1.39. The second kappa shape index (κ2) is 14.7. The molecular weight excluding hydrogens is 551 g/mol. The monoisotopic (exact) mass is 587 g/mol. The highest BCUT2D eigenvalue weighted by Gasteiger charge is 2.32. The van der Waals surface area contributed by atoms with Crippen LogP contribution in [0.2, 0.25) is 0 Å². The van der Waals surface area contributed by atoms with Crippen molar-refractivity contribution < 1.29 is 27.6 Å². The Labute approximate surface area is 242 Å². The second-order valence-electron chi connectivity index (χ2n) is 9.87. The van der Waals surface area contributed by atoms with Gasteiger partial charge in [-0.1, -0.05) is 30.3 Å². The number of pyridine rings is 1. The lowest BCUT2D eigenvalue weighted by Gasteiger charge is -2.30. The highest BCUT2D eigenvalue weighted by atomic mass is 19.4. The van der Waals surface area contributed by atoms with Crippen molar-refractivity contribution in [1.82, 2.24) is 14.8 Å². The number of likely N-dealkylation sites (N-methyl/N-ethyl adjacent to an activating group) is 1. The minimum absolute atomic E-state index is 0.0108. The normalized spacial score (nSPS) is 12.9. The Morgan fingerprint density at radius 1 is 1.00 bits per heavy atom.